The molecule has 4 heteroatoms. The molecule has 1 N–H and O–H groups in total. The smallest absolute Gasteiger partial charge is 0.331 e. The van der Waals surface area contributed by atoms with Crippen molar-refractivity contribution in [3.8, 4) is 0 Å². The molecule has 4 nitrogen and oxygen atoms in total. The number of nitrogens with one attached hydrogen (secondary N) is 1. The Morgan fingerprint density at radius 1 is 1.33 bits per heavy atom. The van der Waals surface area contributed by atoms with Crippen molar-refractivity contribution in [1.29, 1.82) is 0 Å². The molecule has 0 saturated heterocycles. The van der Waals surface area contributed by atoms with Crippen LogP contribution in [0.4, 0.5) is 5.69 Å². The molecule has 0 bridgehead atoms. The van der Waals surface area contributed by atoms with Gasteiger partial charge in [0.05, 0.1) is 0 Å². The normalized spacial score (nSPS) is 12.1. The van der Waals surface area contributed by atoms with Crippen LogP contribution >= 0.6 is 0 Å². The second-order valence-electron chi connectivity index (χ2n) is 3.75. The van der Waals surface area contributed by atoms with E-state index in [2.05, 4.69) is 5.32 Å². The first-order valence-corrected chi connectivity index (χ1v) is 5.86. The predicted molar refractivity (Wildman–Crippen MR) is 70.1 cm³/mol. The van der Waals surface area contributed by atoms with Gasteiger partial charge in [-0.1, -0.05) is 31.2 Å². The van der Waals surface area contributed by atoms with E-state index >= 15 is 0 Å². The molecule has 1 atom stereocenters. The monoisotopic (exact) mass is 247 g/mol. The molecule has 1 aromatic rings. The Balaban J connectivity index is 2.47. The van der Waals surface area contributed by atoms with E-state index in [9.17, 15) is 9.59 Å². The molecule has 96 valence electrons. The summed E-state index contributed by atoms with van der Waals surface area (Å²) < 4.78 is 4.95. The van der Waals surface area contributed by atoms with Crippen molar-refractivity contribution in [2.75, 3.05) is 5.32 Å². The minimum atomic E-state index is -0.820. The zero-order chi connectivity index (χ0) is 13.4. The average Bonchev–Trinajstić information content (AvgIpc) is 2.37. The van der Waals surface area contributed by atoms with Gasteiger partial charge in [-0.3, -0.25) is 4.79 Å². The van der Waals surface area contributed by atoms with Gasteiger partial charge in [0.2, 0.25) is 0 Å². The number of para-hydroxylation sites is 1. The topological polar surface area (TPSA) is 55.4 Å². The van der Waals surface area contributed by atoms with Crippen molar-refractivity contribution in [3.63, 3.8) is 0 Å². The van der Waals surface area contributed by atoms with Crippen LogP contribution in [0.15, 0.2) is 42.5 Å². The second-order valence-corrected chi connectivity index (χ2v) is 3.75. The highest BCUT2D eigenvalue weighted by atomic mass is 16.5. The summed E-state index contributed by atoms with van der Waals surface area (Å²) in [7, 11) is 0. The lowest BCUT2D eigenvalue weighted by atomic mass is 10.3. The number of benzene rings is 1. The second kappa shape index (κ2) is 7.27. The van der Waals surface area contributed by atoms with Gasteiger partial charge < -0.3 is 10.1 Å². The number of anilines is 1. The highest BCUT2D eigenvalue weighted by molar-refractivity contribution is 5.95. The quantitative estimate of drug-likeness (QED) is 0.642. The lowest BCUT2D eigenvalue weighted by molar-refractivity contribution is -0.148. The largest absolute Gasteiger partial charge is 0.449 e. The number of ether oxygens (including phenoxy) is 1. The molecule has 0 aliphatic rings. The molecule has 0 aliphatic heterocycles. The summed E-state index contributed by atoms with van der Waals surface area (Å²) in [5, 5.41) is 2.66. The first kappa shape index (κ1) is 14.0. The number of carbonyl (C=O) groups excluding carboxylic acids is 2. The highest BCUT2D eigenvalue weighted by Gasteiger charge is 2.16. The standard InChI is InChI=1S/C14H17NO3/c1-3-4-10-13(16)18-11(2)14(17)15-12-8-6-5-7-9-12/h4-11H,3H2,1-2H3,(H,15,17)/b10-4+. The van der Waals surface area contributed by atoms with Crippen LogP contribution in [0, 0.1) is 0 Å². The minimum absolute atomic E-state index is 0.348. The summed E-state index contributed by atoms with van der Waals surface area (Å²) in [6.45, 7) is 3.45. The number of esters is 1. The van der Waals surface area contributed by atoms with Crippen molar-refractivity contribution in [3.05, 3.63) is 42.5 Å². The van der Waals surface area contributed by atoms with Gasteiger partial charge in [0, 0.05) is 11.8 Å². The van der Waals surface area contributed by atoms with E-state index in [1.165, 1.54) is 13.0 Å². The molecular formula is C14H17NO3. The van der Waals surface area contributed by atoms with Gasteiger partial charge in [-0.15, -0.1) is 0 Å². The van der Waals surface area contributed by atoms with Gasteiger partial charge in [-0.05, 0) is 25.5 Å². The summed E-state index contributed by atoms with van der Waals surface area (Å²) in [5.74, 6) is -0.855. The Morgan fingerprint density at radius 2 is 2.00 bits per heavy atom. The van der Waals surface area contributed by atoms with E-state index in [4.69, 9.17) is 4.74 Å². The molecule has 1 unspecified atom stereocenters. The number of hydrogen-bond donors (Lipinski definition) is 1. The molecule has 1 aromatic carbocycles. The first-order valence-electron chi connectivity index (χ1n) is 5.86. The third-order valence-corrected chi connectivity index (χ3v) is 2.19. The fraction of sp³-hybridized carbons (Fsp3) is 0.286. The summed E-state index contributed by atoms with van der Waals surface area (Å²) in [5.41, 5.74) is 0.675. The van der Waals surface area contributed by atoms with Gasteiger partial charge >= 0.3 is 5.97 Å². The molecule has 0 radical (unpaired) electrons. The summed E-state index contributed by atoms with van der Waals surface area (Å²) >= 11 is 0. The van der Waals surface area contributed by atoms with Crippen LogP contribution in [-0.4, -0.2) is 18.0 Å². The Morgan fingerprint density at radius 3 is 2.61 bits per heavy atom. The number of allylic oxidation sites excluding steroid dienone is 1. The van der Waals surface area contributed by atoms with Crippen LogP contribution in [0.25, 0.3) is 0 Å². The third kappa shape index (κ3) is 4.82. The number of amides is 1. The molecule has 1 rings (SSSR count). The van der Waals surface area contributed by atoms with Crippen molar-refractivity contribution >= 4 is 17.6 Å². The number of carbonyl (C=O) groups is 2. The maximum absolute atomic E-state index is 11.7. The van der Waals surface area contributed by atoms with Crippen LogP contribution < -0.4 is 5.32 Å². The van der Waals surface area contributed by atoms with Gasteiger partial charge in [0.25, 0.3) is 5.91 Å². The van der Waals surface area contributed by atoms with Crippen LogP contribution in [0.2, 0.25) is 0 Å². The van der Waals surface area contributed by atoms with Crippen molar-refractivity contribution in [2.24, 2.45) is 0 Å². The van der Waals surface area contributed by atoms with Crippen molar-refractivity contribution in [2.45, 2.75) is 26.4 Å². The van der Waals surface area contributed by atoms with E-state index in [1.54, 1.807) is 18.2 Å². The average molecular weight is 247 g/mol. The third-order valence-electron chi connectivity index (χ3n) is 2.19. The maximum Gasteiger partial charge on any atom is 0.331 e. The fourth-order valence-electron chi connectivity index (χ4n) is 1.25. The molecule has 1 amide bonds. The lowest BCUT2D eigenvalue weighted by Gasteiger charge is -2.12. The van der Waals surface area contributed by atoms with E-state index in [0.717, 1.165) is 6.42 Å². The van der Waals surface area contributed by atoms with E-state index in [-0.39, 0.29) is 5.91 Å². The zero-order valence-corrected chi connectivity index (χ0v) is 10.6. The summed E-state index contributed by atoms with van der Waals surface area (Å²) in [6.07, 6.45) is 2.94. The molecular weight excluding hydrogens is 230 g/mol. The van der Waals surface area contributed by atoms with Crippen LogP contribution in [0.1, 0.15) is 20.3 Å². The maximum atomic E-state index is 11.7. The molecule has 0 aromatic heterocycles. The Labute approximate surface area is 107 Å². The van der Waals surface area contributed by atoms with E-state index in [1.807, 2.05) is 25.1 Å². The summed E-state index contributed by atoms with van der Waals surface area (Å²) in [4.78, 5) is 23.0. The zero-order valence-electron chi connectivity index (χ0n) is 10.6. The van der Waals surface area contributed by atoms with Crippen LogP contribution in [0.5, 0.6) is 0 Å². The van der Waals surface area contributed by atoms with Crippen molar-refractivity contribution in [1.82, 2.24) is 0 Å². The molecule has 0 spiro atoms. The minimum Gasteiger partial charge on any atom is -0.449 e. The molecule has 0 heterocycles. The van der Waals surface area contributed by atoms with Gasteiger partial charge in [-0.2, -0.15) is 0 Å². The number of hydrogen-bond acceptors (Lipinski definition) is 3. The molecule has 0 fully saturated rings. The molecule has 0 saturated carbocycles. The van der Waals surface area contributed by atoms with Crippen LogP contribution in [0.3, 0.4) is 0 Å². The van der Waals surface area contributed by atoms with E-state index in [0.29, 0.717) is 5.69 Å². The predicted octanol–water partition coefficient (Wildman–Crippen LogP) is 2.52. The molecule has 18 heavy (non-hydrogen) atoms. The van der Waals surface area contributed by atoms with Crippen molar-refractivity contribution < 1.29 is 14.3 Å². The Hall–Kier alpha value is -2.10. The number of rotatable bonds is 5. The van der Waals surface area contributed by atoms with Gasteiger partial charge in [0.15, 0.2) is 6.10 Å². The van der Waals surface area contributed by atoms with E-state index < -0.39 is 12.1 Å². The highest BCUT2D eigenvalue weighted by Crippen LogP contribution is 2.06. The molecule has 0 aliphatic carbocycles. The first-order chi connectivity index (χ1) is 8.63. The Kier molecular flexibility index (Phi) is 5.64. The SMILES string of the molecule is CC/C=C/C(=O)OC(C)C(=O)Nc1ccccc1. The van der Waals surface area contributed by atoms with Gasteiger partial charge in [-0.25, -0.2) is 4.79 Å². The van der Waals surface area contributed by atoms with Crippen LogP contribution in [-0.2, 0) is 14.3 Å². The fourth-order valence-corrected chi connectivity index (χ4v) is 1.25. The summed E-state index contributed by atoms with van der Waals surface area (Å²) in [6, 6.07) is 9.02. The van der Waals surface area contributed by atoms with Gasteiger partial charge in [0.1, 0.15) is 0 Å². The Bertz CT molecular complexity index is 426. The lowest BCUT2D eigenvalue weighted by Crippen LogP contribution is -2.29.